The zero-order valence-electron chi connectivity index (χ0n) is 11.4. The molecule has 0 saturated heterocycles. The van der Waals surface area contributed by atoms with E-state index in [1.807, 2.05) is 0 Å². The lowest BCUT2D eigenvalue weighted by molar-refractivity contribution is 0.595. The van der Waals surface area contributed by atoms with Crippen molar-refractivity contribution in [3.63, 3.8) is 0 Å². The highest BCUT2D eigenvalue weighted by molar-refractivity contribution is 9.11. The van der Waals surface area contributed by atoms with Crippen LogP contribution < -0.4 is 10.0 Å². The highest BCUT2D eigenvalue weighted by Crippen LogP contribution is 2.32. The van der Waals surface area contributed by atoms with Crippen LogP contribution in [-0.2, 0) is 16.6 Å². The van der Waals surface area contributed by atoms with E-state index in [0.29, 0.717) is 26.7 Å². The Balaban J connectivity index is 2.44. The summed E-state index contributed by atoms with van der Waals surface area (Å²) < 4.78 is 28.9. The number of halogens is 2. The number of H-pyrrole nitrogens is 1. The van der Waals surface area contributed by atoms with Crippen LogP contribution >= 0.6 is 31.9 Å². The molecule has 1 aromatic carbocycles. The largest absolute Gasteiger partial charge is 0.316 e. The molecule has 0 saturated carbocycles. The Hall–Kier alpha value is -0.900. The smallest absolute Gasteiger partial charge is 0.281 e. The van der Waals surface area contributed by atoms with Crippen LogP contribution in [0.4, 0.5) is 5.69 Å². The fourth-order valence-corrected chi connectivity index (χ4v) is 4.58. The minimum Gasteiger partial charge on any atom is -0.316 e. The molecule has 114 valence electrons. The molecular weight excluding hydrogens is 424 g/mol. The number of nitrogens with zero attached hydrogens (tertiary/aromatic N) is 1. The molecular formula is C12H14Br2N4O2S. The van der Waals surface area contributed by atoms with Crippen LogP contribution in [0.15, 0.2) is 32.2 Å². The molecule has 0 atom stereocenters. The van der Waals surface area contributed by atoms with E-state index in [1.165, 1.54) is 0 Å². The van der Waals surface area contributed by atoms with Gasteiger partial charge in [-0.2, -0.15) is 13.5 Å². The second-order valence-corrected chi connectivity index (χ2v) is 7.67. The topological polar surface area (TPSA) is 86.9 Å². The van der Waals surface area contributed by atoms with E-state index in [2.05, 4.69) is 52.1 Å². The first kappa shape index (κ1) is 16.5. The first-order valence-corrected chi connectivity index (χ1v) is 9.09. The van der Waals surface area contributed by atoms with E-state index >= 15 is 0 Å². The van der Waals surface area contributed by atoms with Gasteiger partial charge in [-0.15, -0.1) is 0 Å². The van der Waals surface area contributed by atoms with E-state index in [-0.39, 0.29) is 5.03 Å². The summed E-state index contributed by atoms with van der Waals surface area (Å²) >= 11 is 6.66. The number of aromatic amines is 1. The SMILES string of the molecule is CNCc1c(S(=O)(=O)Nc2c(Br)cccc2Br)n[nH]c1C. The fraction of sp³-hybridized carbons (Fsp3) is 0.250. The molecule has 2 rings (SSSR count). The zero-order chi connectivity index (χ0) is 15.6. The average molecular weight is 438 g/mol. The number of sulfonamides is 1. The van der Waals surface area contributed by atoms with Crippen LogP contribution in [0.3, 0.4) is 0 Å². The fourth-order valence-electron chi connectivity index (χ4n) is 1.82. The molecule has 21 heavy (non-hydrogen) atoms. The summed E-state index contributed by atoms with van der Waals surface area (Å²) in [6.07, 6.45) is 0. The first-order chi connectivity index (χ1) is 9.86. The Bertz CT molecular complexity index is 738. The van der Waals surface area contributed by atoms with Gasteiger partial charge in [0.25, 0.3) is 10.0 Å². The van der Waals surface area contributed by atoms with Crippen molar-refractivity contribution in [2.75, 3.05) is 11.8 Å². The van der Waals surface area contributed by atoms with Gasteiger partial charge in [0, 0.05) is 26.7 Å². The number of aromatic nitrogens is 2. The molecule has 3 N–H and O–H groups in total. The van der Waals surface area contributed by atoms with Gasteiger partial charge >= 0.3 is 0 Å². The van der Waals surface area contributed by atoms with E-state index in [4.69, 9.17) is 0 Å². The number of aryl methyl sites for hydroxylation is 1. The quantitative estimate of drug-likeness (QED) is 0.671. The van der Waals surface area contributed by atoms with Crippen molar-refractivity contribution in [2.24, 2.45) is 0 Å². The number of benzene rings is 1. The third-order valence-corrected chi connectivity index (χ3v) is 5.48. The predicted molar refractivity (Wildman–Crippen MR) is 88.7 cm³/mol. The van der Waals surface area contributed by atoms with Crippen molar-refractivity contribution >= 4 is 47.6 Å². The van der Waals surface area contributed by atoms with Crippen LogP contribution in [0.25, 0.3) is 0 Å². The number of hydrogen-bond donors (Lipinski definition) is 3. The van der Waals surface area contributed by atoms with E-state index in [9.17, 15) is 8.42 Å². The van der Waals surface area contributed by atoms with Crippen molar-refractivity contribution in [3.05, 3.63) is 38.4 Å². The van der Waals surface area contributed by atoms with Gasteiger partial charge < -0.3 is 5.32 Å². The van der Waals surface area contributed by atoms with Crippen molar-refractivity contribution in [1.29, 1.82) is 0 Å². The summed E-state index contributed by atoms with van der Waals surface area (Å²) in [4.78, 5) is 0. The van der Waals surface area contributed by atoms with Crippen molar-refractivity contribution in [1.82, 2.24) is 15.5 Å². The first-order valence-electron chi connectivity index (χ1n) is 6.02. The van der Waals surface area contributed by atoms with Gasteiger partial charge in [0.15, 0.2) is 0 Å². The number of anilines is 1. The van der Waals surface area contributed by atoms with Gasteiger partial charge in [0.05, 0.1) is 5.69 Å². The standard InChI is InChI=1S/C12H14Br2N4O2S/c1-7-8(6-15-2)12(17-16-7)21(19,20)18-11-9(13)4-3-5-10(11)14/h3-5,15,18H,6H2,1-2H3,(H,16,17). The molecule has 2 aromatic rings. The second kappa shape index (κ2) is 6.47. The number of rotatable bonds is 5. The molecule has 0 amide bonds. The third-order valence-electron chi connectivity index (χ3n) is 2.84. The molecule has 9 heteroatoms. The molecule has 0 spiro atoms. The van der Waals surface area contributed by atoms with E-state index < -0.39 is 10.0 Å². The van der Waals surface area contributed by atoms with Gasteiger partial charge in [0.2, 0.25) is 5.03 Å². The van der Waals surface area contributed by atoms with Crippen LogP contribution in [0.2, 0.25) is 0 Å². The minimum absolute atomic E-state index is 0.00277. The van der Waals surface area contributed by atoms with Crippen LogP contribution in [0, 0.1) is 6.92 Å². The summed E-state index contributed by atoms with van der Waals surface area (Å²) in [5.74, 6) is 0. The molecule has 0 aliphatic rings. The highest BCUT2D eigenvalue weighted by atomic mass is 79.9. The number of nitrogens with one attached hydrogen (secondary N) is 3. The number of hydrogen-bond acceptors (Lipinski definition) is 4. The minimum atomic E-state index is -3.78. The maximum absolute atomic E-state index is 12.6. The average Bonchev–Trinajstić information content (AvgIpc) is 2.77. The van der Waals surface area contributed by atoms with E-state index in [0.717, 1.165) is 5.69 Å². The Morgan fingerprint density at radius 1 is 1.29 bits per heavy atom. The number of para-hydroxylation sites is 1. The molecule has 0 bridgehead atoms. The Kier molecular flexibility index (Phi) is 5.07. The van der Waals surface area contributed by atoms with Gasteiger partial charge in [-0.3, -0.25) is 9.82 Å². The lowest BCUT2D eigenvalue weighted by Gasteiger charge is -2.11. The lowest BCUT2D eigenvalue weighted by Crippen LogP contribution is -2.18. The van der Waals surface area contributed by atoms with Gasteiger partial charge in [-0.1, -0.05) is 6.07 Å². The maximum Gasteiger partial charge on any atom is 0.281 e. The molecule has 1 heterocycles. The lowest BCUT2D eigenvalue weighted by atomic mass is 10.3. The summed E-state index contributed by atoms with van der Waals surface area (Å²) in [5.41, 5.74) is 1.78. The highest BCUT2D eigenvalue weighted by Gasteiger charge is 2.25. The molecule has 0 aliphatic heterocycles. The van der Waals surface area contributed by atoms with Gasteiger partial charge in [-0.25, -0.2) is 0 Å². The second-order valence-electron chi connectivity index (χ2n) is 4.36. The van der Waals surface area contributed by atoms with E-state index in [1.54, 1.807) is 32.2 Å². The zero-order valence-corrected chi connectivity index (χ0v) is 15.4. The van der Waals surface area contributed by atoms with Gasteiger partial charge in [0.1, 0.15) is 0 Å². The molecule has 0 radical (unpaired) electrons. The molecule has 1 aromatic heterocycles. The summed E-state index contributed by atoms with van der Waals surface area (Å²) in [7, 11) is -2.03. The van der Waals surface area contributed by atoms with Gasteiger partial charge in [-0.05, 0) is 58.0 Å². The Labute approximate surface area is 140 Å². The normalized spacial score (nSPS) is 11.6. The Morgan fingerprint density at radius 3 is 2.48 bits per heavy atom. The third kappa shape index (κ3) is 3.47. The van der Waals surface area contributed by atoms with Crippen LogP contribution in [0.5, 0.6) is 0 Å². The summed E-state index contributed by atoms with van der Waals surface area (Å²) in [6.45, 7) is 2.20. The molecule has 0 aliphatic carbocycles. The van der Waals surface area contributed by atoms with Crippen molar-refractivity contribution in [3.8, 4) is 0 Å². The summed E-state index contributed by atoms with van der Waals surface area (Å²) in [6, 6.07) is 5.32. The Morgan fingerprint density at radius 2 is 1.90 bits per heavy atom. The molecule has 0 unspecified atom stereocenters. The monoisotopic (exact) mass is 436 g/mol. The molecule has 6 nitrogen and oxygen atoms in total. The maximum atomic E-state index is 12.6. The molecule has 0 fully saturated rings. The van der Waals surface area contributed by atoms with Crippen molar-refractivity contribution < 1.29 is 8.42 Å². The summed E-state index contributed by atoms with van der Waals surface area (Å²) in [5, 5.41) is 9.56. The van der Waals surface area contributed by atoms with Crippen molar-refractivity contribution in [2.45, 2.75) is 18.5 Å². The van der Waals surface area contributed by atoms with Crippen LogP contribution in [0.1, 0.15) is 11.3 Å². The van der Waals surface area contributed by atoms with Crippen LogP contribution in [-0.4, -0.2) is 25.7 Å². The predicted octanol–water partition coefficient (Wildman–Crippen LogP) is 2.76.